The summed E-state index contributed by atoms with van der Waals surface area (Å²) in [6.07, 6.45) is 3.18. The van der Waals surface area contributed by atoms with E-state index in [1.54, 1.807) is 19.1 Å². The molecule has 20 heavy (non-hydrogen) atoms. The number of nitrogens with zero attached hydrogens (tertiary/aromatic N) is 1. The van der Waals surface area contributed by atoms with Crippen molar-refractivity contribution in [2.45, 2.75) is 32.6 Å². The number of nitro groups is 1. The molecule has 0 aliphatic heterocycles. The summed E-state index contributed by atoms with van der Waals surface area (Å²) < 4.78 is 5.43. The first-order chi connectivity index (χ1) is 9.50. The predicted molar refractivity (Wildman–Crippen MR) is 73.9 cm³/mol. The summed E-state index contributed by atoms with van der Waals surface area (Å²) in [6, 6.07) is 6.08. The number of nitro benzene ring substituents is 1. The molecule has 6 heteroatoms. The molecule has 0 bridgehead atoms. The van der Waals surface area contributed by atoms with Gasteiger partial charge in [0, 0.05) is 6.07 Å². The molecule has 0 fully saturated rings. The van der Waals surface area contributed by atoms with Gasteiger partial charge in [-0.15, -0.1) is 0 Å². The number of non-ortho nitro benzene ring substituents is 1. The van der Waals surface area contributed by atoms with Gasteiger partial charge in [-0.05, 0) is 18.9 Å². The number of hydrogen-bond donors (Lipinski definition) is 1. The van der Waals surface area contributed by atoms with Crippen LogP contribution in [0, 0.1) is 16.0 Å². The SMILES string of the molecule is CC(CCCCCOc1cccc([N+](=O)[O-])c1)C(=O)O. The summed E-state index contributed by atoms with van der Waals surface area (Å²) in [5, 5.41) is 19.3. The van der Waals surface area contributed by atoms with Gasteiger partial charge in [-0.3, -0.25) is 14.9 Å². The number of carboxylic acid groups (broad SMARTS) is 1. The molecule has 1 unspecified atom stereocenters. The minimum atomic E-state index is -0.766. The van der Waals surface area contributed by atoms with Crippen molar-refractivity contribution in [3.8, 4) is 5.75 Å². The number of ether oxygens (including phenoxy) is 1. The molecule has 0 amide bonds. The van der Waals surface area contributed by atoms with Crippen molar-refractivity contribution in [2.24, 2.45) is 5.92 Å². The summed E-state index contributed by atoms with van der Waals surface area (Å²) in [7, 11) is 0. The van der Waals surface area contributed by atoms with Crippen LogP contribution in [0.4, 0.5) is 5.69 Å². The van der Waals surface area contributed by atoms with Crippen LogP contribution in [0.3, 0.4) is 0 Å². The zero-order valence-corrected chi connectivity index (χ0v) is 11.4. The normalized spacial score (nSPS) is 11.8. The van der Waals surface area contributed by atoms with Crippen molar-refractivity contribution >= 4 is 11.7 Å². The molecular weight excluding hydrogens is 262 g/mol. The summed E-state index contributed by atoms with van der Waals surface area (Å²) in [5.41, 5.74) is 0.0118. The molecular formula is C14H19NO5. The van der Waals surface area contributed by atoms with Crippen LogP contribution in [-0.4, -0.2) is 22.6 Å². The highest BCUT2D eigenvalue weighted by molar-refractivity contribution is 5.69. The molecule has 1 N–H and O–H groups in total. The highest BCUT2D eigenvalue weighted by Gasteiger charge is 2.09. The highest BCUT2D eigenvalue weighted by Crippen LogP contribution is 2.19. The standard InChI is InChI=1S/C14H19NO5/c1-11(14(16)17)6-3-2-4-9-20-13-8-5-7-12(10-13)15(18)19/h5,7-8,10-11H,2-4,6,9H2,1H3,(H,16,17). The minimum Gasteiger partial charge on any atom is -0.493 e. The maximum atomic E-state index is 10.6. The highest BCUT2D eigenvalue weighted by atomic mass is 16.6. The van der Waals surface area contributed by atoms with Gasteiger partial charge in [0.25, 0.3) is 5.69 Å². The lowest BCUT2D eigenvalue weighted by atomic mass is 10.0. The number of rotatable bonds is 9. The average molecular weight is 281 g/mol. The van der Waals surface area contributed by atoms with Crippen LogP contribution < -0.4 is 4.74 Å². The Bertz CT molecular complexity index is 461. The zero-order chi connectivity index (χ0) is 15.0. The Morgan fingerprint density at radius 1 is 1.40 bits per heavy atom. The van der Waals surface area contributed by atoms with Gasteiger partial charge in [0.2, 0.25) is 0 Å². The van der Waals surface area contributed by atoms with E-state index in [4.69, 9.17) is 9.84 Å². The topological polar surface area (TPSA) is 89.7 Å². The van der Waals surface area contributed by atoms with E-state index in [2.05, 4.69) is 0 Å². The monoisotopic (exact) mass is 281 g/mol. The van der Waals surface area contributed by atoms with E-state index in [0.29, 0.717) is 18.8 Å². The van der Waals surface area contributed by atoms with Gasteiger partial charge in [0.15, 0.2) is 0 Å². The van der Waals surface area contributed by atoms with Crippen molar-refractivity contribution in [2.75, 3.05) is 6.61 Å². The third kappa shape index (κ3) is 5.69. The Hall–Kier alpha value is -2.11. The molecule has 1 atom stereocenters. The van der Waals surface area contributed by atoms with E-state index in [-0.39, 0.29) is 11.6 Å². The molecule has 1 aromatic carbocycles. The van der Waals surface area contributed by atoms with Gasteiger partial charge < -0.3 is 9.84 Å². The molecule has 6 nitrogen and oxygen atoms in total. The second-order valence-corrected chi connectivity index (χ2v) is 4.69. The third-order valence-electron chi connectivity index (χ3n) is 3.00. The largest absolute Gasteiger partial charge is 0.493 e. The summed E-state index contributed by atoms with van der Waals surface area (Å²) in [6.45, 7) is 2.17. The van der Waals surface area contributed by atoms with Gasteiger partial charge in [-0.2, -0.15) is 0 Å². The summed E-state index contributed by atoms with van der Waals surface area (Å²) >= 11 is 0. The van der Waals surface area contributed by atoms with Crippen LogP contribution in [0.1, 0.15) is 32.6 Å². The average Bonchev–Trinajstić information content (AvgIpc) is 2.42. The fourth-order valence-corrected chi connectivity index (χ4v) is 1.73. The van der Waals surface area contributed by atoms with Gasteiger partial charge in [0.1, 0.15) is 5.75 Å². The van der Waals surface area contributed by atoms with Crippen molar-refractivity contribution in [3.05, 3.63) is 34.4 Å². The Morgan fingerprint density at radius 3 is 2.80 bits per heavy atom. The van der Waals surface area contributed by atoms with Crippen molar-refractivity contribution in [3.63, 3.8) is 0 Å². The zero-order valence-electron chi connectivity index (χ0n) is 11.4. The van der Waals surface area contributed by atoms with E-state index in [0.717, 1.165) is 19.3 Å². The number of carboxylic acids is 1. The van der Waals surface area contributed by atoms with E-state index in [1.807, 2.05) is 0 Å². The second-order valence-electron chi connectivity index (χ2n) is 4.69. The first-order valence-electron chi connectivity index (χ1n) is 6.60. The molecule has 0 saturated heterocycles. The maximum absolute atomic E-state index is 10.6. The first kappa shape index (κ1) is 15.9. The van der Waals surface area contributed by atoms with Crippen molar-refractivity contribution in [1.29, 1.82) is 0 Å². The predicted octanol–water partition coefficient (Wildman–Crippen LogP) is 3.25. The molecule has 1 rings (SSSR count). The van der Waals surface area contributed by atoms with Crippen LogP contribution in [0.5, 0.6) is 5.75 Å². The maximum Gasteiger partial charge on any atom is 0.306 e. The van der Waals surface area contributed by atoms with Crippen LogP contribution in [-0.2, 0) is 4.79 Å². The van der Waals surface area contributed by atoms with E-state index in [1.165, 1.54) is 12.1 Å². The van der Waals surface area contributed by atoms with Gasteiger partial charge in [0.05, 0.1) is 23.5 Å². The molecule has 0 spiro atoms. The Kier molecular flexibility index (Phi) is 6.49. The lowest BCUT2D eigenvalue weighted by Crippen LogP contribution is -2.09. The molecule has 0 heterocycles. The summed E-state index contributed by atoms with van der Waals surface area (Å²) in [5.74, 6) is -0.594. The quantitative estimate of drug-likeness (QED) is 0.426. The van der Waals surface area contributed by atoms with Gasteiger partial charge >= 0.3 is 5.97 Å². The van der Waals surface area contributed by atoms with E-state index in [9.17, 15) is 14.9 Å². The lowest BCUT2D eigenvalue weighted by Gasteiger charge is -2.07. The number of aliphatic carboxylic acids is 1. The Balaban J connectivity index is 2.20. The number of hydrogen-bond acceptors (Lipinski definition) is 4. The summed E-state index contributed by atoms with van der Waals surface area (Å²) in [4.78, 5) is 20.7. The molecule has 0 saturated carbocycles. The first-order valence-corrected chi connectivity index (χ1v) is 6.60. The Morgan fingerprint density at radius 2 is 2.15 bits per heavy atom. The lowest BCUT2D eigenvalue weighted by molar-refractivity contribution is -0.384. The fraction of sp³-hybridized carbons (Fsp3) is 0.500. The molecule has 1 aromatic rings. The molecule has 0 aliphatic rings. The fourth-order valence-electron chi connectivity index (χ4n) is 1.73. The van der Waals surface area contributed by atoms with Crippen LogP contribution in [0.25, 0.3) is 0 Å². The molecule has 0 aromatic heterocycles. The van der Waals surface area contributed by atoms with Crippen molar-refractivity contribution in [1.82, 2.24) is 0 Å². The van der Waals surface area contributed by atoms with Crippen molar-refractivity contribution < 1.29 is 19.6 Å². The minimum absolute atomic E-state index is 0.0118. The smallest absolute Gasteiger partial charge is 0.306 e. The van der Waals surface area contributed by atoms with Gasteiger partial charge in [-0.25, -0.2) is 0 Å². The van der Waals surface area contributed by atoms with Crippen LogP contribution in [0.15, 0.2) is 24.3 Å². The second kappa shape index (κ2) is 8.14. The van der Waals surface area contributed by atoms with Crippen LogP contribution >= 0.6 is 0 Å². The Labute approximate surface area is 117 Å². The molecule has 0 radical (unpaired) electrons. The van der Waals surface area contributed by atoms with E-state index < -0.39 is 10.9 Å². The number of benzene rings is 1. The third-order valence-corrected chi connectivity index (χ3v) is 3.00. The molecule has 110 valence electrons. The van der Waals surface area contributed by atoms with E-state index >= 15 is 0 Å². The van der Waals surface area contributed by atoms with Gasteiger partial charge in [-0.1, -0.05) is 25.8 Å². The number of carbonyl (C=O) groups is 1. The number of unbranched alkanes of at least 4 members (excludes halogenated alkanes) is 2. The molecule has 0 aliphatic carbocycles. The van der Waals surface area contributed by atoms with Crippen LogP contribution in [0.2, 0.25) is 0 Å².